The molecule has 3 heteroatoms. The summed E-state index contributed by atoms with van der Waals surface area (Å²) >= 11 is 0. The van der Waals surface area contributed by atoms with Crippen molar-refractivity contribution in [2.24, 2.45) is 0 Å². The number of aliphatic hydroxyl groups is 1. The summed E-state index contributed by atoms with van der Waals surface area (Å²) in [7, 11) is 2.15. The minimum atomic E-state index is -0.0355. The Morgan fingerprint density at radius 3 is 3.08 bits per heavy atom. The first-order chi connectivity index (χ1) is 6.33. The number of piperidine rings is 1. The second-order valence-electron chi connectivity index (χ2n) is 3.49. The van der Waals surface area contributed by atoms with E-state index in [4.69, 9.17) is 5.11 Å². The Hall–Kier alpha value is -0.560. The quantitative estimate of drug-likeness (QED) is 0.574. The van der Waals surface area contributed by atoms with Crippen LogP contribution in [0.15, 0.2) is 0 Å². The number of likely N-dealkylation sites (tertiary alicyclic amines) is 1. The van der Waals surface area contributed by atoms with E-state index < -0.39 is 0 Å². The van der Waals surface area contributed by atoms with Gasteiger partial charge in [0, 0.05) is 12.6 Å². The summed E-state index contributed by atoms with van der Waals surface area (Å²) in [5.41, 5.74) is 0. The number of nitrogens with one attached hydrogen (secondary N) is 1. The van der Waals surface area contributed by atoms with E-state index in [-0.39, 0.29) is 6.61 Å². The van der Waals surface area contributed by atoms with Crippen molar-refractivity contribution in [1.82, 2.24) is 10.2 Å². The summed E-state index contributed by atoms with van der Waals surface area (Å²) in [6.45, 7) is 2.98. The molecule has 3 nitrogen and oxygen atoms in total. The van der Waals surface area contributed by atoms with E-state index >= 15 is 0 Å². The molecule has 0 amide bonds. The van der Waals surface area contributed by atoms with Crippen LogP contribution in [0.4, 0.5) is 0 Å². The van der Waals surface area contributed by atoms with E-state index in [2.05, 4.69) is 29.1 Å². The number of hydrogen-bond acceptors (Lipinski definition) is 3. The van der Waals surface area contributed by atoms with Crippen LogP contribution < -0.4 is 5.32 Å². The monoisotopic (exact) mass is 182 g/mol. The zero-order valence-corrected chi connectivity index (χ0v) is 8.21. The van der Waals surface area contributed by atoms with Crippen molar-refractivity contribution < 1.29 is 5.11 Å². The minimum Gasteiger partial charge on any atom is -0.384 e. The summed E-state index contributed by atoms with van der Waals surface area (Å²) in [4.78, 5) is 2.33. The SMILES string of the molecule is CN1CCCC(NCC#CCO)C1. The largest absolute Gasteiger partial charge is 0.384 e. The maximum absolute atomic E-state index is 8.44. The van der Waals surface area contributed by atoms with Crippen LogP contribution in [0.3, 0.4) is 0 Å². The summed E-state index contributed by atoms with van der Waals surface area (Å²) in [5.74, 6) is 5.50. The fourth-order valence-electron chi connectivity index (χ4n) is 1.65. The number of aliphatic hydroxyl groups excluding tert-OH is 1. The average Bonchev–Trinajstić information content (AvgIpc) is 2.13. The molecule has 1 atom stereocenters. The van der Waals surface area contributed by atoms with E-state index in [0.717, 1.165) is 6.54 Å². The molecule has 0 aliphatic carbocycles. The number of nitrogens with zero attached hydrogens (tertiary/aromatic N) is 1. The van der Waals surface area contributed by atoms with Gasteiger partial charge in [0.15, 0.2) is 0 Å². The standard InChI is InChI=1S/C10H18N2O/c1-12-7-4-5-10(9-12)11-6-2-3-8-13/h10-11,13H,4-9H2,1H3. The van der Waals surface area contributed by atoms with Crippen molar-refractivity contribution in [3.05, 3.63) is 0 Å². The van der Waals surface area contributed by atoms with Gasteiger partial charge in [0.05, 0.1) is 6.54 Å². The first-order valence-electron chi connectivity index (χ1n) is 4.81. The van der Waals surface area contributed by atoms with Crippen molar-refractivity contribution in [3.8, 4) is 11.8 Å². The Morgan fingerprint density at radius 1 is 1.54 bits per heavy atom. The third-order valence-electron chi connectivity index (χ3n) is 2.31. The lowest BCUT2D eigenvalue weighted by Crippen LogP contribution is -2.44. The second kappa shape index (κ2) is 5.98. The molecular weight excluding hydrogens is 164 g/mol. The van der Waals surface area contributed by atoms with Crippen LogP contribution in [0.5, 0.6) is 0 Å². The van der Waals surface area contributed by atoms with Crippen molar-refractivity contribution in [2.45, 2.75) is 18.9 Å². The fraction of sp³-hybridized carbons (Fsp3) is 0.800. The molecule has 13 heavy (non-hydrogen) atoms. The molecular formula is C10H18N2O. The zero-order chi connectivity index (χ0) is 9.52. The number of likely N-dealkylation sites (N-methyl/N-ethyl adjacent to an activating group) is 1. The van der Waals surface area contributed by atoms with Crippen LogP contribution in [-0.4, -0.2) is 49.3 Å². The van der Waals surface area contributed by atoms with Crippen molar-refractivity contribution >= 4 is 0 Å². The van der Waals surface area contributed by atoms with E-state index in [0.29, 0.717) is 12.6 Å². The van der Waals surface area contributed by atoms with E-state index in [1.54, 1.807) is 0 Å². The molecule has 0 saturated carbocycles. The van der Waals surface area contributed by atoms with E-state index in [9.17, 15) is 0 Å². The first kappa shape index (κ1) is 10.5. The lowest BCUT2D eigenvalue weighted by atomic mass is 10.1. The molecule has 2 N–H and O–H groups in total. The van der Waals surface area contributed by atoms with E-state index in [1.807, 2.05) is 0 Å². The Labute approximate surface area is 80.1 Å². The van der Waals surface area contributed by atoms with Crippen molar-refractivity contribution in [3.63, 3.8) is 0 Å². The normalized spacial score (nSPS) is 23.7. The van der Waals surface area contributed by atoms with Gasteiger partial charge in [-0.05, 0) is 26.4 Å². The van der Waals surface area contributed by atoms with Crippen LogP contribution in [0.1, 0.15) is 12.8 Å². The lowest BCUT2D eigenvalue weighted by molar-refractivity contribution is 0.231. The van der Waals surface area contributed by atoms with Crippen molar-refractivity contribution in [1.29, 1.82) is 0 Å². The molecule has 1 aliphatic heterocycles. The van der Waals surface area contributed by atoms with Gasteiger partial charge in [-0.3, -0.25) is 0 Å². The molecule has 74 valence electrons. The van der Waals surface area contributed by atoms with Gasteiger partial charge in [0.1, 0.15) is 6.61 Å². The van der Waals surface area contributed by atoms with Gasteiger partial charge >= 0.3 is 0 Å². The molecule has 0 bridgehead atoms. The number of rotatable bonds is 2. The van der Waals surface area contributed by atoms with Crippen LogP contribution in [-0.2, 0) is 0 Å². The van der Waals surface area contributed by atoms with Gasteiger partial charge in [0.25, 0.3) is 0 Å². The summed E-state index contributed by atoms with van der Waals surface area (Å²) in [6.07, 6.45) is 2.51. The molecule has 1 rings (SSSR count). The van der Waals surface area contributed by atoms with Crippen LogP contribution in [0.25, 0.3) is 0 Å². The zero-order valence-electron chi connectivity index (χ0n) is 8.21. The predicted octanol–water partition coefficient (Wildman–Crippen LogP) is -0.334. The van der Waals surface area contributed by atoms with Gasteiger partial charge < -0.3 is 15.3 Å². The molecule has 1 heterocycles. The van der Waals surface area contributed by atoms with Crippen LogP contribution in [0.2, 0.25) is 0 Å². The molecule has 0 aromatic heterocycles. The molecule has 1 unspecified atom stereocenters. The minimum absolute atomic E-state index is 0.0355. The van der Waals surface area contributed by atoms with Gasteiger partial charge in [-0.25, -0.2) is 0 Å². The highest BCUT2D eigenvalue weighted by molar-refractivity contribution is 5.01. The predicted molar refractivity (Wildman–Crippen MR) is 53.4 cm³/mol. The average molecular weight is 182 g/mol. The third-order valence-corrected chi connectivity index (χ3v) is 2.31. The molecule has 0 aromatic carbocycles. The highest BCUT2D eigenvalue weighted by Crippen LogP contribution is 2.06. The second-order valence-corrected chi connectivity index (χ2v) is 3.49. The summed E-state index contributed by atoms with van der Waals surface area (Å²) < 4.78 is 0. The highest BCUT2D eigenvalue weighted by Gasteiger charge is 2.15. The summed E-state index contributed by atoms with van der Waals surface area (Å²) in [6, 6.07) is 0.576. The van der Waals surface area contributed by atoms with Crippen LogP contribution >= 0.6 is 0 Å². The van der Waals surface area contributed by atoms with Gasteiger partial charge in [-0.2, -0.15) is 0 Å². The Balaban J connectivity index is 2.13. The van der Waals surface area contributed by atoms with Gasteiger partial charge in [0.2, 0.25) is 0 Å². The lowest BCUT2D eigenvalue weighted by Gasteiger charge is -2.29. The molecule has 0 aromatic rings. The van der Waals surface area contributed by atoms with Crippen molar-refractivity contribution in [2.75, 3.05) is 33.3 Å². The van der Waals surface area contributed by atoms with Gasteiger partial charge in [-0.15, -0.1) is 0 Å². The molecule has 1 aliphatic rings. The number of hydrogen-bond donors (Lipinski definition) is 2. The molecule has 0 spiro atoms. The maximum Gasteiger partial charge on any atom is 0.104 e. The topological polar surface area (TPSA) is 35.5 Å². The van der Waals surface area contributed by atoms with Crippen LogP contribution in [0, 0.1) is 11.8 Å². The van der Waals surface area contributed by atoms with E-state index in [1.165, 1.54) is 19.4 Å². The molecule has 0 radical (unpaired) electrons. The first-order valence-corrected chi connectivity index (χ1v) is 4.81. The Kier molecular flexibility index (Phi) is 4.84. The summed E-state index contributed by atoms with van der Waals surface area (Å²) in [5, 5.41) is 11.8. The smallest absolute Gasteiger partial charge is 0.104 e. The molecule has 1 fully saturated rings. The molecule has 1 saturated heterocycles. The Morgan fingerprint density at radius 2 is 2.38 bits per heavy atom. The van der Waals surface area contributed by atoms with Gasteiger partial charge in [-0.1, -0.05) is 11.8 Å². The maximum atomic E-state index is 8.44. The highest BCUT2D eigenvalue weighted by atomic mass is 16.2. The fourth-order valence-corrected chi connectivity index (χ4v) is 1.65. The third kappa shape index (κ3) is 4.28. The Bertz CT molecular complexity index is 195.